The molecule has 0 rings (SSSR count). The fourth-order valence-electron chi connectivity index (χ4n) is 0.702. The van der Waals surface area contributed by atoms with Gasteiger partial charge in [0.05, 0.1) is 6.10 Å². The molecule has 0 amide bonds. The van der Waals surface area contributed by atoms with Crippen LogP contribution in [0.15, 0.2) is 0 Å². The monoisotopic (exact) mass is 282 g/mol. The van der Waals surface area contributed by atoms with Crippen LogP contribution in [0.2, 0.25) is 0 Å². The van der Waals surface area contributed by atoms with E-state index in [-0.39, 0.29) is 11.9 Å². The molecule has 17 heavy (non-hydrogen) atoms. The molecule has 2 atom stereocenters. The van der Waals surface area contributed by atoms with Crippen LogP contribution < -0.4 is 11.5 Å². The molecular formula is C9H18N2O4S2. The van der Waals surface area contributed by atoms with Crippen molar-refractivity contribution >= 4 is 33.5 Å². The number of ether oxygens (including phenoxy) is 1. The molecule has 100 valence electrons. The zero-order valence-electron chi connectivity index (χ0n) is 9.79. The minimum absolute atomic E-state index is 0.188. The molecule has 0 bridgehead atoms. The molecule has 0 aromatic carbocycles. The first-order chi connectivity index (χ1) is 7.84. The van der Waals surface area contributed by atoms with E-state index in [0.29, 0.717) is 5.75 Å². The summed E-state index contributed by atoms with van der Waals surface area (Å²) in [7, 11) is 2.59. The lowest BCUT2D eigenvalue weighted by atomic mass is 10.3. The number of nitrogens with two attached hydrogens (primary N) is 2. The Hall–Kier alpha value is -0.440. The van der Waals surface area contributed by atoms with Gasteiger partial charge in [0, 0.05) is 11.5 Å². The Labute approximate surface area is 108 Å². The summed E-state index contributed by atoms with van der Waals surface area (Å²) in [4.78, 5) is 21.7. The Kier molecular flexibility index (Phi) is 8.40. The van der Waals surface area contributed by atoms with Gasteiger partial charge in [-0.15, -0.1) is 0 Å². The van der Waals surface area contributed by atoms with Crippen molar-refractivity contribution in [1.29, 1.82) is 0 Å². The Morgan fingerprint density at radius 2 is 1.65 bits per heavy atom. The SMILES string of the molecule is CC(C)OC(=O)C(N)CSSCC(N)C(=O)O. The predicted molar refractivity (Wildman–Crippen MR) is 69.7 cm³/mol. The highest BCUT2D eigenvalue weighted by atomic mass is 33.1. The number of carboxylic acids is 1. The van der Waals surface area contributed by atoms with Gasteiger partial charge in [-0.05, 0) is 13.8 Å². The lowest BCUT2D eigenvalue weighted by Gasteiger charge is -2.13. The van der Waals surface area contributed by atoms with Gasteiger partial charge in [-0.3, -0.25) is 9.59 Å². The van der Waals surface area contributed by atoms with E-state index in [1.807, 2.05) is 0 Å². The fourth-order valence-corrected chi connectivity index (χ4v) is 2.92. The molecule has 0 radical (unpaired) electrons. The Morgan fingerprint density at radius 1 is 1.18 bits per heavy atom. The largest absolute Gasteiger partial charge is 0.480 e. The quantitative estimate of drug-likeness (QED) is 0.325. The third-order valence-corrected chi connectivity index (χ3v) is 4.02. The van der Waals surface area contributed by atoms with Crippen molar-refractivity contribution in [3.63, 3.8) is 0 Å². The van der Waals surface area contributed by atoms with Crippen LogP contribution in [0.4, 0.5) is 0 Å². The molecule has 0 saturated carbocycles. The maximum absolute atomic E-state index is 11.3. The van der Waals surface area contributed by atoms with Crippen LogP contribution in [-0.2, 0) is 14.3 Å². The maximum Gasteiger partial charge on any atom is 0.324 e. The Bertz CT molecular complexity index is 263. The van der Waals surface area contributed by atoms with Crippen LogP contribution in [0.5, 0.6) is 0 Å². The maximum atomic E-state index is 11.3. The lowest BCUT2D eigenvalue weighted by molar-refractivity contribution is -0.148. The van der Waals surface area contributed by atoms with Crippen molar-refractivity contribution in [3.8, 4) is 0 Å². The third-order valence-electron chi connectivity index (χ3n) is 1.55. The van der Waals surface area contributed by atoms with Crippen molar-refractivity contribution < 1.29 is 19.4 Å². The lowest BCUT2D eigenvalue weighted by Crippen LogP contribution is -2.36. The average molecular weight is 282 g/mol. The first-order valence-electron chi connectivity index (χ1n) is 5.03. The fraction of sp³-hybridized carbons (Fsp3) is 0.778. The molecule has 0 saturated heterocycles. The molecule has 0 aromatic rings. The standard InChI is InChI=1S/C9H18N2O4S2/c1-5(2)15-9(14)7(11)4-17-16-3-6(10)8(12)13/h5-7H,3-4,10-11H2,1-2H3,(H,12,13). The van der Waals surface area contributed by atoms with Crippen molar-refractivity contribution in [1.82, 2.24) is 0 Å². The molecule has 0 aliphatic carbocycles. The number of aliphatic carboxylic acids is 1. The second-order valence-electron chi connectivity index (χ2n) is 3.61. The summed E-state index contributed by atoms with van der Waals surface area (Å²) in [6.45, 7) is 3.50. The first-order valence-corrected chi connectivity index (χ1v) is 7.52. The number of rotatable bonds is 8. The van der Waals surface area contributed by atoms with Crippen molar-refractivity contribution in [2.45, 2.75) is 32.0 Å². The molecule has 0 heterocycles. The highest BCUT2D eigenvalue weighted by molar-refractivity contribution is 8.76. The van der Waals surface area contributed by atoms with E-state index in [2.05, 4.69) is 0 Å². The Balaban J connectivity index is 3.67. The summed E-state index contributed by atoms with van der Waals surface area (Å²) in [6.07, 6.45) is -0.188. The molecule has 0 aliphatic heterocycles. The summed E-state index contributed by atoms with van der Waals surface area (Å²) < 4.78 is 4.92. The number of carbonyl (C=O) groups is 2. The average Bonchev–Trinajstić information content (AvgIpc) is 2.22. The van der Waals surface area contributed by atoms with Gasteiger partial charge >= 0.3 is 11.9 Å². The van der Waals surface area contributed by atoms with E-state index in [0.717, 1.165) is 0 Å². The first kappa shape index (κ1) is 16.6. The molecule has 0 aromatic heterocycles. The van der Waals surface area contributed by atoms with Crippen LogP contribution in [-0.4, -0.2) is 46.7 Å². The van der Waals surface area contributed by atoms with Crippen LogP contribution in [0.3, 0.4) is 0 Å². The molecule has 0 aliphatic rings. The molecule has 0 fully saturated rings. The molecule has 5 N–H and O–H groups in total. The highest BCUT2D eigenvalue weighted by Gasteiger charge is 2.17. The third kappa shape index (κ3) is 8.31. The van der Waals surface area contributed by atoms with Gasteiger partial charge in [0.1, 0.15) is 12.1 Å². The summed E-state index contributed by atoms with van der Waals surface area (Å²) >= 11 is 0. The second kappa shape index (κ2) is 8.62. The summed E-state index contributed by atoms with van der Waals surface area (Å²) in [6, 6.07) is -1.60. The highest BCUT2D eigenvalue weighted by Crippen LogP contribution is 2.22. The van der Waals surface area contributed by atoms with E-state index < -0.39 is 24.0 Å². The molecule has 2 unspecified atom stereocenters. The van der Waals surface area contributed by atoms with Gasteiger partial charge in [-0.25, -0.2) is 0 Å². The summed E-state index contributed by atoms with van der Waals surface area (Å²) in [5.41, 5.74) is 10.9. The van der Waals surface area contributed by atoms with E-state index in [1.165, 1.54) is 21.6 Å². The van der Waals surface area contributed by atoms with Crippen molar-refractivity contribution in [2.75, 3.05) is 11.5 Å². The van der Waals surface area contributed by atoms with Gasteiger partial charge in [0.15, 0.2) is 0 Å². The van der Waals surface area contributed by atoms with Gasteiger partial charge in [-0.2, -0.15) is 0 Å². The minimum atomic E-state index is -1.04. The smallest absolute Gasteiger partial charge is 0.324 e. The van der Waals surface area contributed by atoms with Gasteiger partial charge in [0.25, 0.3) is 0 Å². The van der Waals surface area contributed by atoms with Crippen LogP contribution in [0.1, 0.15) is 13.8 Å². The van der Waals surface area contributed by atoms with Crippen LogP contribution >= 0.6 is 21.6 Å². The predicted octanol–water partition coefficient (Wildman–Crippen LogP) is 0.0586. The number of hydrogen-bond acceptors (Lipinski definition) is 7. The van der Waals surface area contributed by atoms with E-state index >= 15 is 0 Å². The van der Waals surface area contributed by atoms with E-state index in [9.17, 15) is 9.59 Å². The summed E-state index contributed by atoms with van der Waals surface area (Å²) in [5.74, 6) is -0.855. The van der Waals surface area contributed by atoms with E-state index in [1.54, 1.807) is 13.8 Å². The molecular weight excluding hydrogens is 264 g/mol. The molecule has 8 heteroatoms. The number of carbonyl (C=O) groups excluding carboxylic acids is 1. The van der Waals surface area contributed by atoms with Gasteiger partial charge in [0.2, 0.25) is 0 Å². The van der Waals surface area contributed by atoms with E-state index in [4.69, 9.17) is 21.3 Å². The normalized spacial score (nSPS) is 14.4. The Morgan fingerprint density at radius 3 is 2.06 bits per heavy atom. The van der Waals surface area contributed by atoms with Gasteiger partial charge < -0.3 is 21.3 Å². The van der Waals surface area contributed by atoms with Crippen molar-refractivity contribution in [3.05, 3.63) is 0 Å². The van der Waals surface area contributed by atoms with Crippen LogP contribution in [0.25, 0.3) is 0 Å². The number of hydrogen-bond donors (Lipinski definition) is 3. The van der Waals surface area contributed by atoms with Crippen LogP contribution in [0, 0.1) is 0 Å². The number of carboxylic acid groups (broad SMARTS) is 1. The van der Waals surface area contributed by atoms with Crippen molar-refractivity contribution in [2.24, 2.45) is 11.5 Å². The molecule has 6 nitrogen and oxygen atoms in total. The second-order valence-corrected chi connectivity index (χ2v) is 6.16. The minimum Gasteiger partial charge on any atom is -0.480 e. The topological polar surface area (TPSA) is 116 Å². The zero-order valence-corrected chi connectivity index (χ0v) is 11.4. The molecule has 0 spiro atoms. The zero-order chi connectivity index (χ0) is 13.4. The number of esters is 1. The summed E-state index contributed by atoms with van der Waals surface area (Å²) in [5, 5.41) is 8.53. The van der Waals surface area contributed by atoms with Gasteiger partial charge in [-0.1, -0.05) is 21.6 Å².